The number of fused-ring (bicyclic) bond motifs is 3. The average molecular weight is 568 g/mol. The van der Waals surface area contributed by atoms with Crippen molar-refractivity contribution >= 4 is 31.5 Å². The molecule has 0 fully saturated rings. The van der Waals surface area contributed by atoms with E-state index in [0.717, 1.165) is 33.4 Å². The van der Waals surface area contributed by atoms with Crippen molar-refractivity contribution < 1.29 is 0 Å². The number of aromatic nitrogens is 3. The normalized spacial score (nSPS) is 11.3. The van der Waals surface area contributed by atoms with Crippen LogP contribution >= 0.6 is 11.3 Å². The Morgan fingerprint density at radius 1 is 0.349 bits per heavy atom. The molecule has 2 aromatic heterocycles. The molecule has 0 amide bonds. The van der Waals surface area contributed by atoms with E-state index in [1.165, 1.54) is 25.7 Å². The van der Waals surface area contributed by atoms with Gasteiger partial charge in [0, 0.05) is 36.9 Å². The number of benzene rings is 6. The predicted molar refractivity (Wildman–Crippen MR) is 180 cm³/mol. The van der Waals surface area contributed by atoms with Crippen LogP contribution in [-0.4, -0.2) is 15.0 Å². The molecule has 6 aromatic carbocycles. The molecule has 0 N–H and O–H groups in total. The molecule has 202 valence electrons. The van der Waals surface area contributed by atoms with E-state index in [0.29, 0.717) is 17.5 Å². The standard InChI is InChI=1S/C39H25N3S/c1-3-12-26(13-4-1)28-16-9-18-30(24-28)38-40-37(27-14-5-2-6-15-27)41-39(42-38)31-19-10-17-29(25-31)32-21-11-22-34-33-20-7-8-23-35(33)43-36(32)34/h1-25H. The summed E-state index contributed by atoms with van der Waals surface area (Å²) in [7, 11) is 0. The van der Waals surface area contributed by atoms with Crippen LogP contribution in [0.15, 0.2) is 152 Å². The molecule has 8 rings (SSSR count). The first-order valence-corrected chi connectivity index (χ1v) is 15.1. The molecule has 0 unspecified atom stereocenters. The Morgan fingerprint density at radius 3 is 1.56 bits per heavy atom. The molecule has 43 heavy (non-hydrogen) atoms. The lowest BCUT2D eigenvalue weighted by atomic mass is 10.0. The lowest BCUT2D eigenvalue weighted by Crippen LogP contribution is -2.00. The third-order valence-corrected chi connectivity index (χ3v) is 8.95. The van der Waals surface area contributed by atoms with Gasteiger partial charge in [0.25, 0.3) is 0 Å². The molecular formula is C39H25N3S. The zero-order chi connectivity index (χ0) is 28.6. The van der Waals surface area contributed by atoms with Crippen LogP contribution in [0.4, 0.5) is 0 Å². The van der Waals surface area contributed by atoms with Crippen molar-refractivity contribution in [2.45, 2.75) is 0 Å². The monoisotopic (exact) mass is 567 g/mol. The van der Waals surface area contributed by atoms with Gasteiger partial charge >= 0.3 is 0 Å². The second-order valence-corrected chi connectivity index (χ2v) is 11.5. The summed E-state index contributed by atoms with van der Waals surface area (Å²) in [6.07, 6.45) is 0. The van der Waals surface area contributed by atoms with Gasteiger partial charge in [0.05, 0.1) is 0 Å². The van der Waals surface area contributed by atoms with Crippen LogP contribution < -0.4 is 0 Å². The molecule has 0 spiro atoms. The molecule has 2 heterocycles. The van der Waals surface area contributed by atoms with Crippen LogP contribution in [0.25, 0.3) is 76.6 Å². The second kappa shape index (κ2) is 10.8. The molecule has 0 saturated heterocycles. The van der Waals surface area contributed by atoms with Crippen LogP contribution in [0.1, 0.15) is 0 Å². The number of nitrogens with zero attached hydrogens (tertiary/aromatic N) is 3. The number of hydrogen-bond acceptors (Lipinski definition) is 4. The lowest BCUT2D eigenvalue weighted by Gasteiger charge is -2.11. The highest BCUT2D eigenvalue weighted by Gasteiger charge is 2.15. The quantitative estimate of drug-likeness (QED) is 0.208. The van der Waals surface area contributed by atoms with Crippen molar-refractivity contribution in [1.29, 1.82) is 0 Å². The van der Waals surface area contributed by atoms with Crippen molar-refractivity contribution in [2.24, 2.45) is 0 Å². The van der Waals surface area contributed by atoms with Gasteiger partial charge < -0.3 is 0 Å². The third-order valence-electron chi connectivity index (χ3n) is 7.73. The fraction of sp³-hybridized carbons (Fsp3) is 0. The van der Waals surface area contributed by atoms with Gasteiger partial charge in [0.2, 0.25) is 0 Å². The van der Waals surface area contributed by atoms with E-state index in [4.69, 9.17) is 15.0 Å². The third kappa shape index (κ3) is 4.78. The Balaban J connectivity index is 1.28. The lowest BCUT2D eigenvalue weighted by molar-refractivity contribution is 1.07. The van der Waals surface area contributed by atoms with E-state index in [1.807, 2.05) is 47.7 Å². The summed E-state index contributed by atoms with van der Waals surface area (Å²) in [6.45, 7) is 0. The highest BCUT2D eigenvalue weighted by Crippen LogP contribution is 2.40. The maximum absolute atomic E-state index is 5.05. The van der Waals surface area contributed by atoms with Gasteiger partial charge in [-0.2, -0.15) is 0 Å². The molecule has 0 bridgehead atoms. The molecule has 0 saturated carbocycles. The van der Waals surface area contributed by atoms with Gasteiger partial charge in [-0.15, -0.1) is 11.3 Å². The van der Waals surface area contributed by atoms with Crippen molar-refractivity contribution in [3.63, 3.8) is 0 Å². The fourth-order valence-corrected chi connectivity index (χ4v) is 6.86. The Hall–Kier alpha value is -5.45. The first kappa shape index (κ1) is 25.3. The summed E-state index contributed by atoms with van der Waals surface area (Å²) < 4.78 is 2.59. The van der Waals surface area contributed by atoms with Gasteiger partial charge in [0.1, 0.15) is 0 Å². The van der Waals surface area contributed by atoms with Gasteiger partial charge in [0.15, 0.2) is 17.5 Å². The molecule has 8 aromatic rings. The summed E-state index contributed by atoms with van der Waals surface area (Å²) in [5, 5.41) is 2.59. The van der Waals surface area contributed by atoms with Gasteiger partial charge in [-0.05, 0) is 40.5 Å². The molecular weight excluding hydrogens is 543 g/mol. The Labute approximate surface area is 253 Å². The van der Waals surface area contributed by atoms with E-state index in [-0.39, 0.29) is 0 Å². The zero-order valence-electron chi connectivity index (χ0n) is 23.2. The predicted octanol–water partition coefficient (Wildman–Crippen LogP) is 10.6. The van der Waals surface area contributed by atoms with E-state index in [9.17, 15) is 0 Å². The summed E-state index contributed by atoms with van der Waals surface area (Å²) in [5.41, 5.74) is 7.50. The minimum atomic E-state index is 0.652. The topological polar surface area (TPSA) is 38.7 Å². The molecule has 4 heteroatoms. The maximum atomic E-state index is 5.05. The first-order valence-electron chi connectivity index (χ1n) is 14.3. The summed E-state index contributed by atoms with van der Waals surface area (Å²) >= 11 is 1.84. The molecule has 0 aliphatic rings. The van der Waals surface area contributed by atoms with Crippen LogP contribution in [0.2, 0.25) is 0 Å². The number of thiophene rings is 1. The van der Waals surface area contributed by atoms with Gasteiger partial charge in [-0.25, -0.2) is 15.0 Å². The fourth-order valence-electron chi connectivity index (χ4n) is 5.62. The Kier molecular flexibility index (Phi) is 6.32. The van der Waals surface area contributed by atoms with Crippen molar-refractivity contribution in [3.8, 4) is 56.4 Å². The maximum Gasteiger partial charge on any atom is 0.164 e. The van der Waals surface area contributed by atoms with Gasteiger partial charge in [-0.3, -0.25) is 0 Å². The van der Waals surface area contributed by atoms with Crippen LogP contribution in [0, 0.1) is 0 Å². The summed E-state index contributed by atoms with van der Waals surface area (Å²) in [5.74, 6) is 1.96. The first-order chi connectivity index (χ1) is 21.3. The van der Waals surface area contributed by atoms with E-state index in [1.54, 1.807) is 0 Å². The van der Waals surface area contributed by atoms with Crippen LogP contribution in [-0.2, 0) is 0 Å². The Bertz CT molecular complexity index is 2240. The highest BCUT2D eigenvalue weighted by atomic mass is 32.1. The SMILES string of the molecule is c1ccc(-c2cccc(-c3nc(-c4ccccc4)nc(-c4cccc(-c5cccc6c5sc5ccccc56)c4)n3)c2)cc1. The summed E-state index contributed by atoms with van der Waals surface area (Å²) in [4.78, 5) is 15.0. The number of rotatable bonds is 5. The minimum Gasteiger partial charge on any atom is -0.208 e. The van der Waals surface area contributed by atoms with Crippen molar-refractivity contribution in [3.05, 3.63) is 152 Å². The highest BCUT2D eigenvalue weighted by molar-refractivity contribution is 7.26. The molecule has 0 atom stereocenters. The van der Waals surface area contributed by atoms with E-state index >= 15 is 0 Å². The minimum absolute atomic E-state index is 0.652. The van der Waals surface area contributed by atoms with Gasteiger partial charge in [-0.1, -0.05) is 133 Å². The zero-order valence-corrected chi connectivity index (χ0v) is 24.0. The number of hydrogen-bond donors (Lipinski definition) is 0. The Morgan fingerprint density at radius 2 is 0.837 bits per heavy atom. The van der Waals surface area contributed by atoms with Crippen LogP contribution in [0.3, 0.4) is 0 Å². The van der Waals surface area contributed by atoms with Crippen molar-refractivity contribution in [1.82, 2.24) is 15.0 Å². The van der Waals surface area contributed by atoms with E-state index < -0.39 is 0 Å². The van der Waals surface area contributed by atoms with Crippen molar-refractivity contribution in [2.75, 3.05) is 0 Å². The van der Waals surface area contributed by atoms with E-state index in [2.05, 4.69) is 115 Å². The molecule has 3 nitrogen and oxygen atoms in total. The average Bonchev–Trinajstić information content (AvgIpc) is 3.48. The second-order valence-electron chi connectivity index (χ2n) is 10.5. The molecule has 0 radical (unpaired) electrons. The summed E-state index contributed by atoms with van der Waals surface area (Å²) in [6, 6.07) is 52.7. The smallest absolute Gasteiger partial charge is 0.164 e. The largest absolute Gasteiger partial charge is 0.208 e. The van der Waals surface area contributed by atoms with Crippen LogP contribution in [0.5, 0.6) is 0 Å². The molecule has 0 aliphatic carbocycles. The molecule has 0 aliphatic heterocycles.